The third kappa shape index (κ3) is 3.27. The number of carbonyl (C=O) groups excluding carboxylic acids is 1. The Morgan fingerprint density at radius 1 is 1.26 bits per heavy atom. The number of ether oxygens (including phenoxy) is 1. The first-order chi connectivity index (χ1) is 11.0. The van der Waals surface area contributed by atoms with Crippen LogP contribution in [-0.4, -0.2) is 27.5 Å². The van der Waals surface area contributed by atoms with Gasteiger partial charge in [0.25, 0.3) is 0 Å². The Bertz CT molecular complexity index is 816. The molecule has 0 saturated heterocycles. The highest BCUT2D eigenvalue weighted by atomic mass is 32.1. The van der Waals surface area contributed by atoms with Gasteiger partial charge < -0.3 is 4.74 Å². The maximum atomic E-state index is 11.4. The van der Waals surface area contributed by atoms with Gasteiger partial charge in [-0.3, -0.25) is 4.79 Å². The van der Waals surface area contributed by atoms with Crippen molar-refractivity contribution < 1.29 is 9.53 Å². The van der Waals surface area contributed by atoms with Crippen molar-refractivity contribution in [1.82, 2.24) is 14.6 Å². The van der Waals surface area contributed by atoms with Crippen LogP contribution >= 0.6 is 11.3 Å². The normalized spacial score (nSPS) is 11.8. The van der Waals surface area contributed by atoms with Gasteiger partial charge in [-0.05, 0) is 12.1 Å². The number of fused-ring (bicyclic) bond motifs is 1. The number of imidazole rings is 1. The van der Waals surface area contributed by atoms with E-state index < -0.39 is 0 Å². The zero-order valence-electron chi connectivity index (χ0n) is 13.4. The van der Waals surface area contributed by atoms with E-state index in [0.717, 1.165) is 27.7 Å². The topological polar surface area (TPSA) is 56.5 Å². The summed E-state index contributed by atoms with van der Waals surface area (Å²) in [5.41, 5.74) is 1.15. The number of nitrogens with zero attached hydrogens (tertiary/aromatic N) is 3. The average molecular weight is 329 g/mol. The van der Waals surface area contributed by atoms with Crippen molar-refractivity contribution in [3.8, 4) is 5.75 Å². The Kier molecular flexibility index (Phi) is 4.17. The van der Waals surface area contributed by atoms with Gasteiger partial charge in [0.15, 0.2) is 6.29 Å². The molecule has 0 aliphatic rings. The minimum Gasteiger partial charge on any atom is -0.493 e. The lowest BCUT2D eigenvalue weighted by Gasteiger charge is -2.15. The predicted octanol–water partition coefficient (Wildman–Crippen LogP) is 3.52. The van der Waals surface area contributed by atoms with Crippen LogP contribution in [-0.2, 0) is 11.8 Å². The maximum Gasteiger partial charge on any atom is 0.213 e. The lowest BCUT2D eigenvalue weighted by atomic mass is 9.91. The van der Waals surface area contributed by atoms with Crippen LogP contribution in [0.2, 0.25) is 0 Å². The molecule has 0 aliphatic carbocycles. The molecule has 0 atom stereocenters. The number of carbonyl (C=O) groups is 1. The fraction of sp³-hybridized carbons (Fsp3) is 0.353. The van der Waals surface area contributed by atoms with Gasteiger partial charge in [-0.1, -0.05) is 50.3 Å². The summed E-state index contributed by atoms with van der Waals surface area (Å²) in [6.45, 7) is 6.67. The van der Waals surface area contributed by atoms with E-state index in [1.165, 1.54) is 11.3 Å². The molecule has 0 amide bonds. The summed E-state index contributed by atoms with van der Waals surface area (Å²) in [6.07, 6.45) is 1.52. The Morgan fingerprint density at radius 3 is 2.65 bits per heavy atom. The zero-order valence-corrected chi connectivity index (χ0v) is 14.3. The Hall–Kier alpha value is -2.21. The Labute approximate surface area is 138 Å². The van der Waals surface area contributed by atoms with Crippen LogP contribution in [0.5, 0.6) is 5.75 Å². The highest BCUT2D eigenvalue weighted by Crippen LogP contribution is 2.27. The van der Waals surface area contributed by atoms with E-state index in [-0.39, 0.29) is 5.41 Å². The maximum absolute atomic E-state index is 11.4. The number of aldehydes is 1. The van der Waals surface area contributed by atoms with Gasteiger partial charge in [-0.25, -0.2) is 4.98 Å². The van der Waals surface area contributed by atoms with Gasteiger partial charge in [0.2, 0.25) is 4.96 Å². The molecule has 2 aromatic heterocycles. The van der Waals surface area contributed by atoms with E-state index in [4.69, 9.17) is 4.74 Å². The van der Waals surface area contributed by atoms with Crippen molar-refractivity contribution in [2.24, 2.45) is 0 Å². The second-order valence-corrected chi connectivity index (χ2v) is 7.36. The predicted molar refractivity (Wildman–Crippen MR) is 90.6 cm³/mol. The molecule has 0 saturated carbocycles. The van der Waals surface area contributed by atoms with Gasteiger partial charge in [-0.2, -0.15) is 9.61 Å². The zero-order chi connectivity index (χ0) is 16.4. The fourth-order valence-electron chi connectivity index (χ4n) is 2.34. The van der Waals surface area contributed by atoms with E-state index in [0.29, 0.717) is 18.7 Å². The van der Waals surface area contributed by atoms with Gasteiger partial charge in [0.05, 0.1) is 12.3 Å². The third-order valence-corrected chi connectivity index (χ3v) is 4.40. The summed E-state index contributed by atoms with van der Waals surface area (Å²) in [5, 5.41) is 5.42. The number of benzene rings is 1. The SMILES string of the molecule is CC(C)(C)c1nc2sc(CCOc3ccccc3)nn2c1C=O. The van der Waals surface area contributed by atoms with E-state index in [1.807, 2.05) is 51.1 Å². The van der Waals surface area contributed by atoms with Crippen molar-refractivity contribution in [3.63, 3.8) is 0 Å². The third-order valence-electron chi connectivity index (χ3n) is 3.43. The van der Waals surface area contributed by atoms with Gasteiger partial charge in [0, 0.05) is 11.8 Å². The molecule has 3 aromatic rings. The van der Waals surface area contributed by atoms with Gasteiger partial charge in [-0.15, -0.1) is 0 Å². The minimum absolute atomic E-state index is 0.180. The first-order valence-electron chi connectivity index (χ1n) is 7.51. The standard InChI is InChI=1S/C17H19N3O2S/c1-17(2,3)15-13(11-21)20-16(18-15)23-14(19-20)9-10-22-12-7-5-4-6-8-12/h4-8,11H,9-10H2,1-3H3. The summed E-state index contributed by atoms with van der Waals surface area (Å²) in [7, 11) is 0. The smallest absolute Gasteiger partial charge is 0.213 e. The van der Waals surface area contributed by atoms with Crippen LogP contribution in [0.25, 0.3) is 4.96 Å². The molecule has 1 aromatic carbocycles. The van der Waals surface area contributed by atoms with Crippen molar-refractivity contribution in [3.05, 3.63) is 46.7 Å². The quantitative estimate of drug-likeness (QED) is 0.672. The molecule has 3 rings (SSSR count). The van der Waals surface area contributed by atoms with Crippen LogP contribution in [0.1, 0.15) is 42.0 Å². The van der Waals surface area contributed by atoms with E-state index in [2.05, 4.69) is 10.1 Å². The molecule has 0 spiro atoms. The molecule has 120 valence electrons. The summed E-state index contributed by atoms with van der Waals surface area (Å²) < 4.78 is 7.33. The molecular weight excluding hydrogens is 310 g/mol. The van der Waals surface area contributed by atoms with E-state index in [9.17, 15) is 4.79 Å². The monoisotopic (exact) mass is 329 g/mol. The number of aromatic nitrogens is 3. The molecule has 0 aliphatic heterocycles. The molecule has 0 fully saturated rings. The lowest BCUT2D eigenvalue weighted by molar-refractivity contribution is 0.111. The number of rotatable bonds is 5. The Morgan fingerprint density at radius 2 is 2.00 bits per heavy atom. The van der Waals surface area contributed by atoms with Crippen LogP contribution < -0.4 is 4.74 Å². The van der Waals surface area contributed by atoms with E-state index >= 15 is 0 Å². The largest absolute Gasteiger partial charge is 0.493 e. The summed E-state index contributed by atoms with van der Waals surface area (Å²) in [5.74, 6) is 0.845. The summed E-state index contributed by atoms with van der Waals surface area (Å²) in [6, 6.07) is 9.69. The van der Waals surface area contributed by atoms with E-state index in [1.54, 1.807) is 4.52 Å². The first kappa shape index (κ1) is 15.7. The van der Waals surface area contributed by atoms with Crippen LogP contribution in [0.4, 0.5) is 0 Å². The number of para-hydroxylation sites is 1. The molecule has 0 unspecified atom stereocenters. The lowest BCUT2D eigenvalue weighted by Crippen LogP contribution is -2.15. The van der Waals surface area contributed by atoms with Crippen molar-refractivity contribution in [2.75, 3.05) is 6.61 Å². The first-order valence-corrected chi connectivity index (χ1v) is 8.32. The van der Waals surface area contributed by atoms with Crippen molar-refractivity contribution in [1.29, 1.82) is 0 Å². The highest BCUT2D eigenvalue weighted by Gasteiger charge is 2.25. The second kappa shape index (κ2) is 6.12. The van der Waals surface area contributed by atoms with Crippen LogP contribution in [0.15, 0.2) is 30.3 Å². The van der Waals surface area contributed by atoms with Crippen molar-refractivity contribution >= 4 is 22.6 Å². The van der Waals surface area contributed by atoms with Crippen LogP contribution in [0, 0.1) is 0 Å². The molecule has 0 radical (unpaired) electrons. The average Bonchev–Trinajstić information content (AvgIpc) is 3.04. The van der Waals surface area contributed by atoms with Crippen LogP contribution in [0.3, 0.4) is 0 Å². The molecular formula is C17H19N3O2S. The summed E-state index contributed by atoms with van der Waals surface area (Å²) in [4.78, 5) is 16.8. The Balaban J connectivity index is 1.76. The molecule has 5 nitrogen and oxygen atoms in total. The molecule has 0 N–H and O–H groups in total. The van der Waals surface area contributed by atoms with Gasteiger partial charge >= 0.3 is 0 Å². The van der Waals surface area contributed by atoms with Gasteiger partial charge in [0.1, 0.15) is 16.5 Å². The number of hydrogen-bond donors (Lipinski definition) is 0. The second-order valence-electron chi connectivity index (χ2n) is 6.32. The van der Waals surface area contributed by atoms with Crippen molar-refractivity contribution in [2.45, 2.75) is 32.6 Å². The fourth-order valence-corrected chi connectivity index (χ4v) is 3.22. The minimum atomic E-state index is -0.180. The molecule has 6 heteroatoms. The number of hydrogen-bond acceptors (Lipinski definition) is 5. The molecule has 2 heterocycles. The molecule has 23 heavy (non-hydrogen) atoms. The molecule has 0 bridgehead atoms. The highest BCUT2D eigenvalue weighted by molar-refractivity contribution is 7.16. The summed E-state index contributed by atoms with van der Waals surface area (Å²) >= 11 is 1.50.